The van der Waals surface area contributed by atoms with Crippen LogP contribution >= 0.6 is 11.8 Å². The molecule has 0 radical (unpaired) electrons. The molecule has 0 aromatic heterocycles. The summed E-state index contributed by atoms with van der Waals surface area (Å²) in [5.74, 6) is 0. The molecule has 1 unspecified atom stereocenters. The van der Waals surface area contributed by atoms with Crippen LogP contribution < -0.4 is 0 Å². The van der Waals surface area contributed by atoms with E-state index < -0.39 is 0 Å². The molecule has 1 aliphatic heterocycles. The number of hydrogen-bond acceptors (Lipinski definition) is 3. The van der Waals surface area contributed by atoms with Crippen molar-refractivity contribution in [3.63, 3.8) is 0 Å². The normalized spacial score (nSPS) is 22.3. The highest BCUT2D eigenvalue weighted by atomic mass is 32.2. The van der Waals surface area contributed by atoms with Crippen LogP contribution in [0.1, 0.15) is 19.8 Å². The molecule has 0 amide bonds. The van der Waals surface area contributed by atoms with Gasteiger partial charge in [-0.1, -0.05) is 12.2 Å². The van der Waals surface area contributed by atoms with Gasteiger partial charge in [0, 0.05) is 22.4 Å². The molecule has 0 spiro atoms. The standard InChI is InChI=1S/C11H17NOS/c1-3-4-7-12-9(2)11-6-5-10(8-13)14-11/h3,6,10,13H,1,4-5,7-8H2,2H3. The van der Waals surface area contributed by atoms with E-state index in [1.165, 1.54) is 4.91 Å². The first-order valence-corrected chi connectivity index (χ1v) is 5.76. The number of thioether (sulfide) groups is 1. The summed E-state index contributed by atoms with van der Waals surface area (Å²) in [5.41, 5.74) is 1.09. The Kier molecular flexibility index (Phi) is 4.98. The summed E-state index contributed by atoms with van der Waals surface area (Å²) in [6, 6.07) is 0. The fourth-order valence-corrected chi connectivity index (χ4v) is 2.31. The monoisotopic (exact) mass is 211 g/mol. The molecular formula is C11H17NOS. The Morgan fingerprint density at radius 3 is 3.21 bits per heavy atom. The third-order valence-electron chi connectivity index (χ3n) is 2.10. The topological polar surface area (TPSA) is 32.6 Å². The second-order valence-electron chi connectivity index (χ2n) is 3.27. The second kappa shape index (κ2) is 6.04. The van der Waals surface area contributed by atoms with Crippen molar-refractivity contribution in [1.29, 1.82) is 0 Å². The van der Waals surface area contributed by atoms with Gasteiger partial charge in [-0.25, -0.2) is 0 Å². The van der Waals surface area contributed by atoms with Crippen LogP contribution in [0.5, 0.6) is 0 Å². The fourth-order valence-electron chi connectivity index (χ4n) is 1.26. The Morgan fingerprint density at radius 2 is 2.64 bits per heavy atom. The van der Waals surface area contributed by atoms with Gasteiger partial charge in [0.25, 0.3) is 0 Å². The minimum atomic E-state index is 0.255. The van der Waals surface area contributed by atoms with Gasteiger partial charge in [-0.05, 0) is 19.8 Å². The van der Waals surface area contributed by atoms with Crippen molar-refractivity contribution in [2.75, 3.05) is 13.2 Å². The maximum atomic E-state index is 8.97. The molecule has 1 aliphatic rings. The minimum absolute atomic E-state index is 0.255. The summed E-state index contributed by atoms with van der Waals surface area (Å²) in [5, 5.41) is 9.31. The van der Waals surface area contributed by atoms with Crippen molar-refractivity contribution >= 4 is 17.5 Å². The van der Waals surface area contributed by atoms with E-state index in [-0.39, 0.29) is 6.61 Å². The lowest BCUT2D eigenvalue weighted by Crippen LogP contribution is -2.03. The molecule has 2 nitrogen and oxygen atoms in total. The van der Waals surface area contributed by atoms with Crippen LogP contribution in [-0.2, 0) is 0 Å². The van der Waals surface area contributed by atoms with Crippen molar-refractivity contribution in [1.82, 2.24) is 0 Å². The highest BCUT2D eigenvalue weighted by molar-refractivity contribution is 8.04. The van der Waals surface area contributed by atoms with E-state index in [4.69, 9.17) is 5.11 Å². The number of aliphatic imine (C=N–C) groups is 1. The van der Waals surface area contributed by atoms with Gasteiger partial charge in [-0.3, -0.25) is 4.99 Å². The van der Waals surface area contributed by atoms with Gasteiger partial charge in [-0.2, -0.15) is 0 Å². The van der Waals surface area contributed by atoms with Crippen molar-refractivity contribution in [3.05, 3.63) is 23.6 Å². The van der Waals surface area contributed by atoms with Gasteiger partial charge in [-0.15, -0.1) is 18.3 Å². The van der Waals surface area contributed by atoms with Crippen molar-refractivity contribution in [2.45, 2.75) is 25.0 Å². The zero-order valence-electron chi connectivity index (χ0n) is 8.57. The van der Waals surface area contributed by atoms with E-state index in [1.54, 1.807) is 11.8 Å². The average molecular weight is 211 g/mol. The van der Waals surface area contributed by atoms with E-state index in [9.17, 15) is 0 Å². The number of nitrogens with zero attached hydrogens (tertiary/aromatic N) is 1. The van der Waals surface area contributed by atoms with E-state index in [2.05, 4.69) is 17.6 Å². The Morgan fingerprint density at radius 1 is 1.86 bits per heavy atom. The predicted octanol–water partition coefficient (Wildman–Crippen LogP) is 2.41. The number of allylic oxidation sites excluding steroid dienone is 2. The molecule has 0 aromatic carbocycles. The summed E-state index contributed by atoms with van der Waals surface area (Å²) in [6.45, 7) is 6.76. The Balaban J connectivity index is 2.41. The first kappa shape index (κ1) is 11.5. The lowest BCUT2D eigenvalue weighted by atomic mass is 10.2. The zero-order valence-corrected chi connectivity index (χ0v) is 9.39. The summed E-state index contributed by atoms with van der Waals surface area (Å²) in [4.78, 5) is 5.67. The van der Waals surface area contributed by atoms with Crippen LogP contribution in [0.4, 0.5) is 0 Å². The van der Waals surface area contributed by atoms with Crippen molar-refractivity contribution in [2.24, 2.45) is 4.99 Å². The molecule has 1 atom stereocenters. The first-order chi connectivity index (χ1) is 6.77. The van der Waals surface area contributed by atoms with Crippen LogP contribution in [0, 0.1) is 0 Å². The maximum absolute atomic E-state index is 8.97. The van der Waals surface area contributed by atoms with Crippen molar-refractivity contribution in [3.8, 4) is 0 Å². The van der Waals surface area contributed by atoms with Crippen LogP contribution in [0.15, 0.2) is 28.6 Å². The van der Waals surface area contributed by atoms with Gasteiger partial charge in [0.2, 0.25) is 0 Å². The molecular weight excluding hydrogens is 194 g/mol. The molecule has 14 heavy (non-hydrogen) atoms. The quantitative estimate of drug-likeness (QED) is 0.430. The number of hydrogen-bond donors (Lipinski definition) is 1. The van der Waals surface area contributed by atoms with Crippen molar-refractivity contribution < 1.29 is 5.11 Å². The fraction of sp³-hybridized carbons (Fsp3) is 0.545. The minimum Gasteiger partial charge on any atom is -0.395 e. The second-order valence-corrected chi connectivity index (χ2v) is 4.61. The van der Waals surface area contributed by atoms with Crippen LogP contribution in [-0.4, -0.2) is 29.2 Å². The SMILES string of the molecule is C=CCCN=C(C)C1=CCC(CO)S1. The lowest BCUT2D eigenvalue weighted by molar-refractivity contribution is 0.296. The van der Waals surface area contributed by atoms with E-state index in [0.717, 1.165) is 25.1 Å². The molecule has 0 fully saturated rings. The maximum Gasteiger partial charge on any atom is 0.0556 e. The van der Waals surface area contributed by atoms with E-state index in [0.29, 0.717) is 5.25 Å². The number of rotatable bonds is 5. The smallest absolute Gasteiger partial charge is 0.0556 e. The summed E-state index contributed by atoms with van der Waals surface area (Å²) >= 11 is 1.73. The first-order valence-electron chi connectivity index (χ1n) is 4.88. The molecule has 0 aromatic rings. The largest absolute Gasteiger partial charge is 0.395 e. The zero-order chi connectivity index (χ0) is 10.4. The molecule has 78 valence electrons. The Bertz CT molecular complexity index is 258. The highest BCUT2D eigenvalue weighted by Crippen LogP contribution is 2.32. The number of aliphatic hydroxyl groups excluding tert-OH is 1. The Labute approximate surface area is 89.8 Å². The molecule has 0 saturated carbocycles. The molecule has 1 N–H and O–H groups in total. The van der Waals surface area contributed by atoms with Gasteiger partial charge in [0.05, 0.1) is 6.61 Å². The number of aliphatic hydroxyl groups is 1. The molecule has 1 rings (SSSR count). The highest BCUT2D eigenvalue weighted by Gasteiger charge is 2.18. The van der Waals surface area contributed by atoms with E-state index >= 15 is 0 Å². The molecule has 0 aliphatic carbocycles. The average Bonchev–Trinajstić information content (AvgIpc) is 2.66. The predicted molar refractivity (Wildman–Crippen MR) is 64.0 cm³/mol. The van der Waals surface area contributed by atoms with Gasteiger partial charge < -0.3 is 5.11 Å². The molecule has 0 bridgehead atoms. The summed E-state index contributed by atoms with van der Waals surface area (Å²) in [6.07, 6.45) is 5.94. The van der Waals surface area contributed by atoms with Gasteiger partial charge in [0.1, 0.15) is 0 Å². The molecule has 0 saturated heterocycles. The summed E-state index contributed by atoms with van der Waals surface area (Å²) in [7, 11) is 0. The van der Waals surface area contributed by atoms with Crippen LogP contribution in [0.25, 0.3) is 0 Å². The lowest BCUT2D eigenvalue weighted by Gasteiger charge is -2.05. The Hall–Kier alpha value is -0.540. The molecule has 3 heteroatoms. The van der Waals surface area contributed by atoms with E-state index in [1.807, 2.05) is 13.0 Å². The van der Waals surface area contributed by atoms with Gasteiger partial charge >= 0.3 is 0 Å². The van der Waals surface area contributed by atoms with Gasteiger partial charge in [0.15, 0.2) is 0 Å². The molecule has 1 heterocycles. The summed E-state index contributed by atoms with van der Waals surface area (Å²) < 4.78 is 0. The third kappa shape index (κ3) is 3.31. The van der Waals surface area contributed by atoms with Crippen LogP contribution in [0.3, 0.4) is 0 Å². The third-order valence-corrected chi connectivity index (χ3v) is 3.49. The van der Waals surface area contributed by atoms with Crippen LogP contribution in [0.2, 0.25) is 0 Å².